The molecule has 0 aliphatic carbocycles. The Hall–Kier alpha value is -3.29. The van der Waals surface area contributed by atoms with Gasteiger partial charge in [0.2, 0.25) is 0 Å². The van der Waals surface area contributed by atoms with Gasteiger partial charge in [0.05, 0.1) is 12.0 Å². The van der Waals surface area contributed by atoms with Gasteiger partial charge in [-0.25, -0.2) is 5.01 Å². The largest absolute Gasteiger partial charge is 0.494 e. The number of carbonyl (C=O) groups is 1. The summed E-state index contributed by atoms with van der Waals surface area (Å²) in [5.41, 5.74) is 2.51. The summed E-state index contributed by atoms with van der Waals surface area (Å²) in [6.45, 7) is 2.55. The van der Waals surface area contributed by atoms with E-state index in [1.165, 1.54) is 11.8 Å². The lowest BCUT2D eigenvalue weighted by molar-refractivity contribution is -0.116. The third kappa shape index (κ3) is 4.47. The molecule has 3 aromatic rings. The third-order valence-corrected chi connectivity index (χ3v) is 6.48. The lowest BCUT2D eigenvalue weighted by Crippen LogP contribution is -2.50. The monoisotopic (exact) mass is 476 g/mol. The molecule has 2 aliphatic rings. The van der Waals surface area contributed by atoms with Gasteiger partial charge in [-0.15, -0.1) is 5.10 Å². The molecule has 0 saturated heterocycles. The second-order valence-corrected chi connectivity index (χ2v) is 8.89. The van der Waals surface area contributed by atoms with Crippen molar-refractivity contribution in [2.24, 2.45) is 10.1 Å². The van der Waals surface area contributed by atoms with Gasteiger partial charge < -0.3 is 4.74 Å². The van der Waals surface area contributed by atoms with Gasteiger partial charge in [0.1, 0.15) is 11.4 Å². The first-order chi connectivity index (χ1) is 16.1. The molecule has 0 fully saturated rings. The van der Waals surface area contributed by atoms with E-state index in [0.29, 0.717) is 28.2 Å². The van der Waals surface area contributed by atoms with Crippen LogP contribution in [0, 0.1) is 0 Å². The molecule has 0 bridgehead atoms. The maximum atomic E-state index is 13.2. The molecule has 1 atom stereocenters. The van der Waals surface area contributed by atoms with E-state index in [1.807, 2.05) is 79.7 Å². The molecule has 6 nitrogen and oxygen atoms in total. The van der Waals surface area contributed by atoms with E-state index in [9.17, 15) is 4.79 Å². The van der Waals surface area contributed by atoms with Crippen LogP contribution in [0.15, 0.2) is 82.9 Å². The molecule has 0 aromatic heterocycles. The fourth-order valence-corrected chi connectivity index (χ4v) is 4.68. The quantitative estimate of drug-likeness (QED) is 0.608. The highest BCUT2D eigenvalue weighted by atomic mass is 35.5. The van der Waals surface area contributed by atoms with E-state index in [0.717, 1.165) is 27.5 Å². The molecular formula is C25H21ClN4O2S. The van der Waals surface area contributed by atoms with Crippen molar-refractivity contribution in [3.8, 4) is 5.75 Å². The van der Waals surface area contributed by atoms with Crippen molar-refractivity contribution < 1.29 is 9.53 Å². The fourth-order valence-electron chi connectivity index (χ4n) is 3.74. The molecule has 3 aromatic carbocycles. The van der Waals surface area contributed by atoms with E-state index >= 15 is 0 Å². The van der Waals surface area contributed by atoms with Gasteiger partial charge >= 0.3 is 0 Å². The molecule has 1 amide bonds. The summed E-state index contributed by atoms with van der Waals surface area (Å²) in [5, 5.41) is 12.2. The van der Waals surface area contributed by atoms with Gasteiger partial charge in [-0.05, 0) is 48.4 Å². The normalized spacial score (nSPS) is 16.8. The number of thioether (sulfide) groups is 1. The Balaban J connectivity index is 1.52. The molecule has 2 aliphatic heterocycles. The van der Waals surface area contributed by atoms with Crippen molar-refractivity contribution in [3.05, 3.63) is 99.5 Å². The molecule has 33 heavy (non-hydrogen) atoms. The van der Waals surface area contributed by atoms with Crippen LogP contribution in [0.5, 0.6) is 5.75 Å². The number of para-hydroxylation sites is 1. The number of hydrogen-bond donors (Lipinski definition) is 1. The summed E-state index contributed by atoms with van der Waals surface area (Å²) in [6, 6.07) is 23.0. The van der Waals surface area contributed by atoms with Gasteiger partial charge in [-0.2, -0.15) is 0 Å². The molecule has 0 radical (unpaired) electrons. The van der Waals surface area contributed by atoms with E-state index in [4.69, 9.17) is 26.4 Å². The zero-order valence-electron chi connectivity index (χ0n) is 17.9. The summed E-state index contributed by atoms with van der Waals surface area (Å²) in [6.07, 6.45) is -0.456. The zero-order chi connectivity index (χ0) is 22.8. The maximum Gasteiger partial charge on any atom is 0.276 e. The highest BCUT2D eigenvalue weighted by Crippen LogP contribution is 2.32. The van der Waals surface area contributed by atoms with Crippen molar-refractivity contribution in [2.45, 2.75) is 18.8 Å². The summed E-state index contributed by atoms with van der Waals surface area (Å²) in [4.78, 5) is 18.1. The number of nitrogens with one attached hydrogen (secondary N) is 1. The number of carbonyl (C=O) groups excluding carboxylic acids is 1. The maximum absolute atomic E-state index is 13.2. The van der Waals surface area contributed by atoms with Crippen molar-refractivity contribution in [1.82, 2.24) is 10.3 Å². The van der Waals surface area contributed by atoms with Crippen LogP contribution >= 0.6 is 23.4 Å². The number of hydrogen-bond acceptors (Lipinski definition) is 6. The standard InChI is InChI=1S/C25H21ClN4O2S/c1-2-32-19-13-9-17(10-14-19)23-27-21-6-4-3-5-20(21)22-24(31)28-25(29-30(22)23)33-15-16-7-11-18(26)12-8-16/h3-14,23H,2,15H2,1H3,(H,28,29,31)/t23-/m1/s1. The van der Waals surface area contributed by atoms with Crippen molar-refractivity contribution in [1.29, 1.82) is 0 Å². The molecule has 8 heteroatoms. The first-order valence-electron chi connectivity index (χ1n) is 10.6. The van der Waals surface area contributed by atoms with Gasteiger partial charge in [0.25, 0.3) is 5.91 Å². The number of nitrogens with zero attached hydrogens (tertiary/aromatic N) is 3. The van der Waals surface area contributed by atoms with Crippen LogP contribution in [0.25, 0.3) is 5.70 Å². The predicted molar refractivity (Wildman–Crippen MR) is 131 cm³/mol. The molecule has 166 valence electrons. The van der Waals surface area contributed by atoms with Crippen LogP contribution < -0.4 is 20.6 Å². The SMILES string of the molecule is CCOc1ccc([C@@H]2N=c3ccccc3=C3C(=O)NC(SCc4ccc(Cl)cc4)=NN32)cc1. The summed E-state index contributed by atoms with van der Waals surface area (Å²) in [7, 11) is 0. The second kappa shape index (κ2) is 9.29. The summed E-state index contributed by atoms with van der Waals surface area (Å²) >= 11 is 7.45. The van der Waals surface area contributed by atoms with Crippen LogP contribution in [-0.2, 0) is 10.5 Å². The lowest BCUT2D eigenvalue weighted by Gasteiger charge is -2.34. The first kappa shape index (κ1) is 21.6. The highest BCUT2D eigenvalue weighted by Gasteiger charge is 2.34. The van der Waals surface area contributed by atoms with E-state index in [2.05, 4.69) is 5.32 Å². The van der Waals surface area contributed by atoms with Crippen LogP contribution in [0.4, 0.5) is 0 Å². The number of halogens is 1. The summed E-state index contributed by atoms with van der Waals surface area (Å²) in [5.74, 6) is 1.25. The molecule has 0 saturated carbocycles. The minimum absolute atomic E-state index is 0.193. The first-order valence-corrected chi connectivity index (χ1v) is 11.9. The number of hydrazone groups is 1. The number of ether oxygens (including phenoxy) is 1. The number of benzene rings is 3. The van der Waals surface area contributed by atoms with E-state index in [-0.39, 0.29) is 5.91 Å². The highest BCUT2D eigenvalue weighted by molar-refractivity contribution is 8.13. The number of amides is 1. The Labute approximate surface area is 200 Å². The van der Waals surface area contributed by atoms with Gasteiger partial charge in [0, 0.05) is 16.0 Å². The number of rotatable bonds is 5. The predicted octanol–water partition coefficient (Wildman–Crippen LogP) is 3.82. The van der Waals surface area contributed by atoms with Crippen LogP contribution in [0.1, 0.15) is 24.2 Å². The van der Waals surface area contributed by atoms with Crippen molar-refractivity contribution in [3.63, 3.8) is 0 Å². The average molecular weight is 477 g/mol. The average Bonchev–Trinajstić information content (AvgIpc) is 2.84. The summed E-state index contributed by atoms with van der Waals surface area (Å²) < 4.78 is 5.57. The van der Waals surface area contributed by atoms with Crippen molar-refractivity contribution in [2.75, 3.05) is 6.61 Å². The lowest BCUT2D eigenvalue weighted by atomic mass is 10.1. The Bertz CT molecular complexity index is 1340. The molecule has 0 unspecified atom stereocenters. The number of amidine groups is 1. The Morgan fingerprint density at radius 1 is 1.06 bits per heavy atom. The number of fused-ring (bicyclic) bond motifs is 2. The molecule has 2 heterocycles. The van der Waals surface area contributed by atoms with Crippen LogP contribution in [0.3, 0.4) is 0 Å². The van der Waals surface area contributed by atoms with Gasteiger partial charge in [-0.3, -0.25) is 15.1 Å². The Morgan fingerprint density at radius 3 is 2.58 bits per heavy atom. The molecular weight excluding hydrogens is 456 g/mol. The topological polar surface area (TPSA) is 66.3 Å². The molecule has 1 N–H and O–H groups in total. The zero-order valence-corrected chi connectivity index (χ0v) is 19.4. The van der Waals surface area contributed by atoms with E-state index in [1.54, 1.807) is 5.01 Å². The second-order valence-electron chi connectivity index (χ2n) is 7.49. The molecule has 5 rings (SSSR count). The minimum Gasteiger partial charge on any atom is -0.494 e. The van der Waals surface area contributed by atoms with Gasteiger partial charge in [0.15, 0.2) is 11.3 Å². The smallest absolute Gasteiger partial charge is 0.276 e. The third-order valence-electron chi connectivity index (χ3n) is 5.29. The fraction of sp³-hybridized carbons (Fsp3) is 0.160. The Morgan fingerprint density at radius 2 is 1.82 bits per heavy atom. The minimum atomic E-state index is -0.456. The van der Waals surface area contributed by atoms with Crippen molar-refractivity contribution >= 4 is 40.1 Å². The van der Waals surface area contributed by atoms with Crippen LogP contribution in [-0.4, -0.2) is 22.7 Å². The van der Waals surface area contributed by atoms with Gasteiger partial charge in [-0.1, -0.05) is 65.8 Å². The van der Waals surface area contributed by atoms with E-state index < -0.39 is 6.17 Å². The Kier molecular flexibility index (Phi) is 6.07. The molecule has 0 spiro atoms. The van der Waals surface area contributed by atoms with Crippen LogP contribution in [0.2, 0.25) is 5.02 Å².